The van der Waals surface area contributed by atoms with Crippen LogP contribution in [0.2, 0.25) is 0 Å². The van der Waals surface area contributed by atoms with Crippen molar-refractivity contribution >= 4 is 12.8 Å². The van der Waals surface area contributed by atoms with Crippen LogP contribution in [0.5, 0.6) is 5.75 Å². The Morgan fingerprint density at radius 2 is 1.72 bits per heavy atom. The Hall–Kier alpha value is -1.95. The Balaban J connectivity index is 0.000000352. The van der Waals surface area contributed by atoms with E-state index in [-0.39, 0.29) is 12.0 Å². The van der Waals surface area contributed by atoms with Crippen LogP contribution in [0.1, 0.15) is 94.0 Å². The molecule has 1 aliphatic heterocycles. The Bertz CT molecular complexity index is 672. The number of rotatable bonds is 5. The van der Waals surface area contributed by atoms with Gasteiger partial charge in [0.1, 0.15) is 11.6 Å². The minimum atomic E-state index is -0.473. The molecule has 3 aliphatic rings. The number of hydrogen-bond donors (Lipinski definition) is 1. The number of nitrogens with zero attached hydrogens (tertiary/aromatic N) is 1. The lowest BCUT2D eigenvalue weighted by atomic mass is 10.0. The van der Waals surface area contributed by atoms with Gasteiger partial charge in [-0.25, -0.2) is 4.39 Å². The number of ether oxygens (including phenoxy) is 1. The second-order valence-electron chi connectivity index (χ2n) is 9.22. The van der Waals surface area contributed by atoms with Gasteiger partial charge in [-0.2, -0.15) is 0 Å². The van der Waals surface area contributed by atoms with Crippen LogP contribution >= 0.6 is 0 Å². The highest BCUT2D eigenvalue weighted by atomic mass is 19.1. The zero-order valence-electron chi connectivity index (χ0n) is 20.3. The fourth-order valence-corrected chi connectivity index (χ4v) is 4.08. The van der Waals surface area contributed by atoms with E-state index in [0.29, 0.717) is 30.5 Å². The van der Waals surface area contributed by atoms with E-state index < -0.39 is 5.82 Å². The fraction of sp³-hybridized carbons (Fsp3) is 0.692. The smallest absolute Gasteiger partial charge is 0.290 e. The van der Waals surface area contributed by atoms with Gasteiger partial charge < -0.3 is 14.7 Å². The number of benzene rings is 1. The number of likely N-dealkylation sites (tertiary alicyclic amines) is 1. The first-order valence-corrected chi connectivity index (χ1v) is 12.1. The third-order valence-corrected chi connectivity index (χ3v) is 5.88. The number of hydrogen-bond acceptors (Lipinski definition) is 4. The van der Waals surface area contributed by atoms with Crippen LogP contribution in [0.3, 0.4) is 0 Å². The minimum Gasteiger partial charge on any atom is -0.493 e. The summed E-state index contributed by atoms with van der Waals surface area (Å²) in [6.45, 7) is 9.58. The van der Waals surface area contributed by atoms with Crippen molar-refractivity contribution in [2.75, 3.05) is 26.7 Å². The Labute approximate surface area is 193 Å². The van der Waals surface area contributed by atoms with Crippen molar-refractivity contribution in [2.24, 2.45) is 11.8 Å². The van der Waals surface area contributed by atoms with E-state index in [2.05, 4.69) is 32.7 Å². The summed E-state index contributed by atoms with van der Waals surface area (Å²) in [6, 6.07) is 3.07. The first-order chi connectivity index (χ1) is 15.4. The van der Waals surface area contributed by atoms with Crippen molar-refractivity contribution in [1.82, 2.24) is 4.90 Å². The quantitative estimate of drug-likeness (QED) is 0.543. The summed E-state index contributed by atoms with van der Waals surface area (Å²) >= 11 is 0. The van der Waals surface area contributed by atoms with E-state index in [1.807, 2.05) is 0 Å². The molecule has 4 rings (SSSR count). The highest BCUT2D eigenvalue weighted by molar-refractivity contribution is 5.76. The summed E-state index contributed by atoms with van der Waals surface area (Å²) in [7, 11) is 2.17. The molecular formula is C26H42FNO4. The summed E-state index contributed by atoms with van der Waals surface area (Å²) in [5.74, 6) is 1.99. The van der Waals surface area contributed by atoms with Crippen molar-refractivity contribution in [3.63, 3.8) is 0 Å². The van der Waals surface area contributed by atoms with Gasteiger partial charge in [-0.1, -0.05) is 33.6 Å². The molecule has 0 bridgehead atoms. The average Bonchev–Trinajstić information content (AvgIpc) is 3.34. The molecule has 2 unspecified atom stereocenters. The van der Waals surface area contributed by atoms with Crippen LogP contribution in [-0.4, -0.2) is 49.5 Å². The van der Waals surface area contributed by atoms with Gasteiger partial charge in [-0.3, -0.25) is 9.59 Å². The van der Waals surface area contributed by atoms with Gasteiger partial charge in [0.25, 0.3) is 6.47 Å². The molecule has 0 radical (unpaired) electrons. The van der Waals surface area contributed by atoms with Crippen LogP contribution in [0.4, 0.5) is 4.39 Å². The van der Waals surface area contributed by atoms with Gasteiger partial charge in [0.2, 0.25) is 0 Å². The Kier molecular flexibility index (Phi) is 13.9. The Morgan fingerprint density at radius 1 is 1.12 bits per heavy atom. The zero-order chi connectivity index (χ0) is 23.9. The van der Waals surface area contributed by atoms with Gasteiger partial charge in [-0.05, 0) is 88.0 Å². The molecule has 2 saturated carbocycles. The lowest BCUT2D eigenvalue weighted by molar-refractivity contribution is -0.122. The first kappa shape index (κ1) is 28.1. The number of carbonyl (C=O) groups is 2. The van der Waals surface area contributed by atoms with E-state index >= 15 is 0 Å². The van der Waals surface area contributed by atoms with Gasteiger partial charge in [0, 0.05) is 6.07 Å². The van der Waals surface area contributed by atoms with E-state index in [4.69, 9.17) is 14.6 Å². The maximum atomic E-state index is 13.8. The van der Waals surface area contributed by atoms with E-state index in [9.17, 15) is 9.18 Å². The largest absolute Gasteiger partial charge is 0.493 e. The molecule has 1 aromatic rings. The van der Waals surface area contributed by atoms with Crippen LogP contribution in [0.25, 0.3) is 0 Å². The molecule has 1 heterocycles. The molecule has 1 N–H and O–H groups in total. The van der Waals surface area contributed by atoms with E-state index in [1.54, 1.807) is 6.07 Å². The molecule has 0 aromatic heterocycles. The number of aldehydes is 1. The SMILES string of the molecule is CC1CCC(COc2cc(F)c(C=O)cc2C2CC2)C1.CCC.CN1CCCC1.O=CO. The maximum Gasteiger partial charge on any atom is 0.290 e. The van der Waals surface area contributed by atoms with Crippen LogP contribution in [0, 0.1) is 17.7 Å². The minimum absolute atomic E-state index is 0.147. The van der Waals surface area contributed by atoms with Crippen LogP contribution in [0.15, 0.2) is 12.1 Å². The predicted octanol–water partition coefficient (Wildman–Crippen LogP) is 6.16. The van der Waals surface area contributed by atoms with E-state index in [1.165, 1.54) is 57.7 Å². The zero-order valence-corrected chi connectivity index (χ0v) is 20.3. The summed E-state index contributed by atoms with van der Waals surface area (Å²) in [4.78, 5) is 21.6. The molecule has 3 fully saturated rings. The second kappa shape index (κ2) is 15.8. The molecular weight excluding hydrogens is 409 g/mol. The third kappa shape index (κ3) is 10.6. The van der Waals surface area contributed by atoms with Crippen molar-refractivity contribution in [3.8, 4) is 5.75 Å². The normalized spacial score (nSPS) is 21.8. The topological polar surface area (TPSA) is 66.8 Å². The molecule has 5 nitrogen and oxygen atoms in total. The van der Waals surface area contributed by atoms with Gasteiger partial charge in [0.05, 0.1) is 12.2 Å². The standard InChI is InChI=1S/C17H21FO2.C5H11N.C3H8.CH2O2/c1-11-2-3-12(6-11)10-20-17-8-16(18)14(9-19)7-15(17)13-4-5-13;1-6-4-2-3-5-6;1-3-2;2-1-3/h7-9,11-13H,2-6,10H2,1H3;2-5H2,1H3;3H2,1-2H3;1H,(H,2,3). The summed E-state index contributed by atoms with van der Waals surface area (Å²) in [6.07, 6.45) is 10.6. The summed E-state index contributed by atoms with van der Waals surface area (Å²) in [5.41, 5.74) is 1.16. The molecule has 6 heteroatoms. The molecule has 0 spiro atoms. The van der Waals surface area contributed by atoms with Crippen molar-refractivity contribution < 1.29 is 23.8 Å². The molecule has 1 saturated heterocycles. The predicted molar refractivity (Wildman–Crippen MR) is 127 cm³/mol. The molecule has 0 amide bonds. The fourth-order valence-electron chi connectivity index (χ4n) is 4.08. The molecule has 2 aliphatic carbocycles. The number of carbonyl (C=O) groups excluding carboxylic acids is 1. The Morgan fingerprint density at radius 3 is 2.12 bits per heavy atom. The average molecular weight is 452 g/mol. The monoisotopic (exact) mass is 451 g/mol. The van der Waals surface area contributed by atoms with Crippen molar-refractivity contribution in [1.29, 1.82) is 0 Å². The number of carboxylic acid groups (broad SMARTS) is 1. The highest BCUT2D eigenvalue weighted by Crippen LogP contribution is 2.45. The van der Waals surface area contributed by atoms with Crippen molar-refractivity contribution in [3.05, 3.63) is 29.1 Å². The highest BCUT2D eigenvalue weighted by Gasteiger charge is 2.29. The molecule has 182 valence electrons. The number of halogens is 1. The second-order valence-corrected chi connectivity index (χ2v) is 9.22. The lowest BCUT2D eigenvalue weighted by Gasteiger charge is -2.15. The summed E-state index contributed by atoms with van der Waals surface area (Å²) in [5, 5.41) is 6.89. The lowest BCUT2D eigenvalue weighted by Crippen LogP contribution is -2.10. The van der Waals surface area contributed by atoms with Crippen molar-refractivity contribution in [2.45, 2.75) is 78.1 Å². The third-order valence-electron chi connectivity index (χ3n) is 5.88. The van der Waals surface area contributed by atoms with Gasteiger partial charge in [-0.15, -0.1) is 0 Å². The molecule has 32 heavy (non-hydrogen) atoms. The van der Waals surface area contributed by atoms with Gasteiger partial charge in [0.15, 0.2) is 6.29 Å². The van der Waals surface area contributed by atoms with E-state index in [0.717, 1.165) is 24.3 Å². The van der Waals surface area contributed by atoms with Gasteiger partial charge >= 0.3 is 0 Å². The molecule has 2 atom stereocenters. The summed E-state index contributed by atoms with van der Waals surface area (Å²) < 4.78 is 19.7. The maximum absolute atomic E-state index is 13.8. The van der Waals surface area contributed by atoms with Crippen LogP contribution < -0.4 is 4.74 Å². The first-order valence-electron chi connectivity index (χ1n) is 12.1. The molecule has 1 aromatic carbocycles. The van der Waals surface area contributed by atoms with Crippen LogP contribution in [-0.2, 0) is 4.79 Å².